The van der Waals surface area contributed by atoms with Crippen LogP contribution in [0.15, 0.2) is 60.0 Å². The molecule has 1 aliphatic carbocycles. The molecular weight excluding hydrogens is 529 g/mol. The van der Waals surface area contributed by atoms with Gasteiger partial charge in [-0.1, -0.05) is 19.9 Å². The van der Waals surface area contributed by atoms with Crippen LogP contribution < -0.4 is 10.7 Å². The highest BCUT2D eigenvalue weighted by Crippen LogP contribution is 2.49. The Morgan fingerprint density at radius 3 is 2.62 bits per heavy atom. The monoisotopic (exact) mass is 555 g/mol. The van der Waals surface area contributed by atoms with E-state index >= 15 is 4.39 Å². The summed E-state index contributed by atoms with van der Waals surface area (Å²) in [6.45, 7) is 6.67. The molecule has 0 radical (unpaired) electrons. The van der Waals surface area contributed by atoms with Crippen molar-refractivity contribution in [1.82, 2.24) is 9.55 Å². The Morgan fingerprint density at radius 2 is 1.95 bits per heavy atom. The molecule has 0 bridgehead atoms. The number of para-hydroxylation sites is 1. The first-order chi connectivity index (χ1) is 18.3. The number of hydrogen-bond acceptors (Lipinski definition) is 8. The molecule has 204 valence electrons. The number of oxazole rings is 2. The minimum absolute atomic E-state index is 0.00180. The van der Waals surface area contributed by atoms with E-state index in [1.54, 1.807) is 45.9 Å². The fraction of sp³-hybridized carbons (Fsp3) is 0.370. The number of anilines is 1. The second-order valence-electron chi connectivity index (χ2n) is 11.0. The van der Waals surface area contributed by atoms with Gasteiger partial charge in [0.25, 0.3) is 5.91 Å². The van der Waals surface area contributed by atoms with Crippen LogP contribution in [0.5, 0.6) is 0 Å². The van der Waals surface area contributed by atoms with E-state index in [4.69, 9.17) is 8.83 Å². The van der Waals surface area contributed by atoms with Crippen molar-refractivity contribution in [2.75, 3.05) is 10.7 Å². The predicted octanol–water partition coefficient (Wildman–Crippen LogP) is 4.70. The Kier molecular flexibility index (Phi) is 5.38. The maximum atomic E-state index is 15.7. The van der Waals surface area contributed by atoms with Crippen molar-refractivity contribution in [3.63, 3.8) is 0 Å². The molecule has 2 aromatic heterocycles. The minimum Gasteiger partial charge on any atom is -0.512 e. The molecule has 0 fully saturated rings. The fourth-order valence-corrected chi connectivity index (χ4v) is 8.36. The van der Waals surface area contributed by atoms with Crippen LogP contribution in [0.4, 0.5) is 10.1 Å². The Balaban J connectivity index is 1.79. The zero-order chi connectivity index (χ0) is 28.0. The van der Waals surface area contributed by atoms with Gasteiger partial charge in [-0.05, 0) is 42.9 Å². The molecule has 1 aromatic carbocycles. The molecule has 2 aliphatic heterocycles. The van der Waals surface area contributed by atoms with Gasteiger partial charge in [-0.3, -0.25) is 9.69 Å². The molecule has 39 heavy (non-hydrogen) atoms. The Hall–Kier alpha value is -3.93. The number of carbonyl (C=O) groups is 1. The highest BCUT2D eigenvalue weighted by Gasteiger charge is 2.50. The third kappa shape index (κ3) is 3.80. The number of aromatic nitrogens is 2. The van der Waals surface area contributed by atoms with Crippen molar-refractivity contribution >= 4 is 38.2 Å². The molecule has 1 atom stereocenters. The number of benzene rings is 1. The highest BCUT2D eigenvalue weighted by molar-refractivity contribution is 7.95. The molecule has 0 saturated carbocycles. The number of sulfone groups is 1. The van der Waals surface area contributed by atoms with Crippen molar-refractivity contribution in [2.24, 2.45) is 5.41 Å². The van der Waals surface area contributed by atoms with Crippen LogP contribution in [0.1, 0.15) is 55.2 Å². The number of aliphatic hydroxyl groups is 1. The summed E-state index contributed by atoms with van der Waals surface area (Å²) in [5.74, 6) is -2.42. The summed E-state index contributed by atoms with van der Waals surface area (Å²) in [6, 6.07) is 3.24. The predicted molar refractivity (Wildman–Crippen MR) is 141 cm³/mol. The smallest absolute Gasteiger partial charge is 0.424 e. The van der Waals surface area contributed by atoms with Gasteiger partial charge in [0.2, 0.25) is 0 Å². The molecule has 12 heteroatoms. The largest absolute Gasteiger partial charge is 0.512 e. The summed E-state index contributed by atoms with van der Waals surface area (Å²) in [6.07, 6.45) is 1.10. The maximum absolute atomic E-state index is 15.7. The van der Waals surface area contributed by atoms with Crippen LogP contribution in [0.3, 0.4) is 0 Å². The van der Waals surface area contributed by atoms with E-state index in [0.29, 0.717) is 0 Å². The van der Waals surface area contributed by atoms with Gasteiger partial charge in [-0.15, -0.1) is 0 Å². The number of aliphatic hydroxyl groups excluding tert-OH is 1. The minimum atomic E-state index is -4.16. The summed E-state index contributed by atoms with van der Waals surface area (Å²) in [5, 5.41) is 10.0. The number of halogens is 1. The van der Waals surface area contributed by atoms with E-state index < -0.39 is 38.8 Å². The first-order valence-corrected chi connectivity index (χ1v) is 14.1. The Morgan fingerprint density at radius 1 is 1.21 bits per heavy atom. The summed E-state index contributed by atoms with van der Waals surface area (Å²) in [5.41, 5.74) is -0.192. The van der Waals surface area contributed by atoms with E-state index in [-0.39, 0.29) is 81.1 Å². The topological polar surface area (TPSA) is 136 Å². The summed E-state index contributed by atoms with van der Waals surface area (Å²) < 4.78 is 56.1. The second-order valence-corrected chi connectivity index (χ2v) is 12.9. The van der Waals surface area contributed by atoms with Crippen molar-refractivity contribution in [1.29, 1.82) is 0 Å². The average Bonchev–Trinajstić information content (AvgIpc) is 3.29. The zero-order valence-corrected chi connectivity index (χ0v) is 22.6. The first kappa shape index (κ1) is 25.4. The Bertz CT molecular complexity index is 1850. The van der Waals surface area contributed by atoms with Gasteiger partial charge in [-0.2, -0.15) is 0 Å². The van der Waals surface area contributed by atoms with Gasteiger partial charge in [0.1, 0.15) is 17.1 Å². The van der Waals surface area contributed by atoms with E-state index in [0.717, 1.165) is 6.08 Å². The molecule has 1 unspecified atom stereocenters. The number of aryl methyl sites for hydroxylation is 2. The normalized spacial score (nSPS) is 22.1. The molecule has 3 aliphatic rings. The number of fused-ring (bicyclic) bond motifs is 1. The van der Waals surface area contributed by atoms with Crippen molar-refractivity contribution < 1.29 is 31.5 Å². The number of allylic oxidation sites excluding steroid dienone is 4. The SMILES string of the molecule is Cc1nc(C(=O)N2c3cccc4oc(=O)n(c34)C3=C(C2C2=C(F)C=C(O)CC2)S(=O)(=O)CC(C)(C)C3)c(C)o1. The lowest BCUT2D eigenvalue weighted by atomic mass is 9.87. The van der Waals surface area contributed by atoms with Crippen LogP contribution in [0.2, 0.25) is 0 Å². The van der Waals surface area contributed by atoms with Crippen LogP contribution in [-0.2, 0) is 9.84 Å². The Labute approximate surface area is 222 Å². The lowest BCUT2D eigenvalue weighted by Gasteiger charge is -2.39. The van der Waals surface area contributed by atoms with Crippen LogP contribution in [-0.4, -0.2) is 40.8 Å². The molecule has 3 aromatic rings. The van der Waals surface area contributed by atoms with Crippen molar-refractivity contribution in [3.05, 3.63) is 74.2 Å². The third-order valence-electron chi connectivity index (χ3n) is 7.37. The van der Waals surface area contributed by atoms with Crippen LogP contribution in [0, 0.1) is 19.3 Å². The van der Waals surface area contributed by atoms with Crippen molar-refractivity contribution in [3.8, 4) is 0 Å². The lowest BCUT2D eigenvalue weighted by Crippen LogP contribution is -2.47. The van der Waals surface area contributed by atoms with Crippen LogP contribution >= 0.6 is 0 Å². The van der Waals surface area contributed by atoms with E-state index in [1.807, 2.05) is 0 Å². The van der Waals surface area contributed by atoms with E-state index in [2.05, 4.69) is 4.98 Å². The summed E-state index contributed by atoms with van der Waals surface area (Å²) in [7, 11) is -4.16. The molecule has 1 N–H and O–H groups in total. The first-order valence-electron chi connectivity index (χ1n) is 12.5. The standard InChI is InChI=1S/C27H26FN3O7S/c1-13-21(29-14(2)37-13)25(33)30-18-6-5-7-20-23(18)31(26(34)38-20)19-11-27(3,4)12-39(35,36)24(19)22(30)16-9-8-15(32)10-17(16)28/h5-7,10,22,32H,8-9,11-12H2,1-4H3. The van der Waals surface area contributed by atoms with Gasteiger partial charge in [-0.25, -0.2) is 27.2 Å². The zero-order valence-electron chi connectivity index (χ0n) is 21.7. The lowest BCUT2D eigenvalue weighted by molar-refractivity contribution is 0.0977. The summed E-state index contributed by atoms with van der Waals surface area (Å²) >= 11 is 0. The summed E-state index contributed by atoms with van der Waals surface area (Å²) in [4.78, 5) is 32.8. The van der Waals surface area contributed by atoms with Gasteiger partial charge < -0.3 is 13.9 Å². The number of amides is 1. The number of hydrogen-bond donors (Lipinski definition) is 1. The van der Waals surface area contributed by atoms with Crippen LogP contribution in [0.25, 0.3) is 16.8 Å². The molecule has 6 rings (SSSR count). The van der Waals surface area contributed by atoms with Crippen molar-refractivity contribution in [2.45, 2.75) is 53.0 Å². The second kappa shape index (κ2) is 8.28. The average molecular weight is 556 g/mol. The van der Waals surface area contributed by atoms with Gasteiger partial charge >= 0.3 is 5.76 Å². The van der Waals surface area contributed by atoms with Gasteiger partial charge in [0.15, 0.2) is 27.0 Å². The maximum Gasteiger partial charge on any atom is 0.424 e. The molecule has 0 spiro atoms. The highest BCUT2D eigenvalue weighted by atomic mass is 32.2. The molecule has 0 saturated heterocycles. The number of rotatable bonds is 2. The van der Waals surface area contributed by atoms with Gasteiger partial charge in [0.05, 0.1) is 28.1 Å². The fourth-order valence-electron chi connectivity index (χ4n) is 5.97. The molecule has 4 heterocycles. The molecular formula is C27H26FN3O7S. The van der Waals surface area contributed by atoms with E-state index in [1.165, 1.54) is 9.47 Å². The van der Waals surface area contributed by atoms with E-state index in [9.17, 15) is 23.1 Å². The molecule has 1 amide bonds. The number of carbonyl (C=O) groups excluding carboxylic acids is 1. The third-order valence-corrected chi connectivity index (χ3v) is 9.66. The number of nitrogens with zero attached hydrogens (tertiary/aromatic N) is 3. The quantitative estimate of drug-likeness (QED) is 0.481. The van der Waals surface area contributed by atoms with Gasteiger partial charge in [0, 0.05) is 25.1 Å². The molecule has 10 nitrogen and oxygen atoms in total.